The van der Waals surface area contributed by atoms with Crippen molar-refractivity contribution in [2.75, 3.05) is 5.32 Å². The molecule has 0 saturated heterocycles. The van der Waals surface area contributed by atoms with Crippen LogP contribution in [-0.2, 0) is 0 Å². The van der Waals surface area contributed by atoms with E-state index in [1.165, 1.54) is 32.1 Å². The molecule has 1 heterocycles. The standard InChI is InChI=1S/C16H19BrClN3/c1-11-10-21(13-5-3-2-4-6-13)16(19-11)20-12-7-8-14(17)15(18)9-12/h7-10,13H,2-6H2,1H3,(H,19,20). The number of imidazole rings is 1. The Balaban J connectivity index is 1.85. The molecule has 0 bridgehead atoms. The molecule has 0 atom stereocenters. The molecule has 1 aromatic carbocycles. The zero-order valence-electron chi connectivity index (χ0n) is 12.1. The maximum Gasteiger partial charge on any atom is 0.207 e. The van der Waals surface area contributed by atoms with Gasteiger partial charge in [-0.3, -0.25) is 0 Å². The molecule has 0 radical (unpaired) electrons. The van der Waals surface area contributed by atoms with Crippen LogP contribution >= 0.6 is 27.5 Å². The molecule has 112 valence electrons. The average molecular weight is 369 g/mol. The minimum Gasteiger partial charge on any atom is -0.326 e. The lowest BCUT2D eigenvalue weighted by atomic mass is 9.95. The summed E-state index contributed by atoms with van der Waals surface area (Å²) in [4.78, 5) is 4.63. The maximum atomic E-state index is 6.16. The largest absolute Gasteiger partial charge is 0.326 e. The van der Waals surface area contributed by atoms with Crippen LogP contribution in [0.3, 0.4) is 0 Å². The predicted molar refractivity (Wildman–Crippen MR) is 91.5 cm³/mol. The monoisotopic (exact) mass is 367 g/mol. The van der Waals surface area contributed by atoms with E-state index in [4.69, 9.17) is 11.6 Å². The summed E-state index contributed by atoms with van der Waals surface area (Å²) in [5, 5.41) is 4.11. The lowest BCUT2D eigenvalue weighted by Gasteiger charge is -2.24. The number of hydrogen-bond acceptors (Lipinski definition) is 2. The van der Waals surface area contributed by atoms with Gasteiger partial charge in [-0.2, -0.15) is 0 Å². The molecule has 5 heteroatoms. The third-order valence-electron chi connectivity index (χ3n) is 4.00. The first-order valence-corrected chi connectivity index (χ1v) is 8.58. The van der Waals surface area contributed by atoms with Crippen molar-refractivity contribution in [3.8, 4) is 0 Å². The van der Waals surface area contributed by atoms with E-state index < -0.39 is 0 Å². The van der Waals surface area contributed by atoms with Crippen molar-refractivity contribution < 1.29 is 0 Å². The average Bonchev–Trinajstić information content (AvgIpc) is 2.85. The first kappa shape index (κ1) is 14.9. The fourth-order valence-electron chi connectivity index (χ4n) is 2.95. The Morgan fingerprint density at radius 2 is 2.05 bits per heavy atom. The van der Waals surface area contributed by atoms with Gasteiger partial charge in [0.2, 0.25) is 5.95 Å². The third-order valence-corrected chi connectivity index (χ3v) is 5.23. The molecule has 1 N–H and O–H groups in total. The van der Waals surface area contributed by atoms with Crippen molar-refractivity contribution in [3.63, 3.8) is 0 Å². The van der Waals surface area contributed by atoms with Crippen molar-refractivity contribution in [1.29, 1.82) is 0 Å². The first-order chi connectivity index (χ1) is 10.1. The topological polar surface area (TPSA) is 29.9 Å². The van der Waals surface area contributed by atoms with Gasteiger partial charge >= 0.3 is 0 Å². The Kier molecular flexibility index (Phi) is 4.55. The van der Waals surface area contributed by atoms with Gasteiger partial charge in [-0.1, -0.05) is 30.9 Å². The molecule has 1 saturated carbocycles. The van der Waals surface area contributed by atoms with Gasteiger partial charge in [0.05, 0.1) is 10.7 Å². The highest BCUT2D eigenvalue weighted by molar-refractivity contribution is 9.10. The number of rotatable bonds is 3. The molecular weight excluding hydrogens is 350 g/mol. The van der Waals surface area contributed by atoms with Crippen LogP contribution in [0, 0.1) is 6.92 Å². The molecule has 1 aromatic heterocycles. The number of nitrogens with zero attached hydrogens (tertiary/aromatic N) is 2. The Morgan fingerprint density at radius 3 is 2.76 bits per heavy atom. The second-order valence-corrected chi connectivity index (χ2v) is 6.92. The van der Waals surface area contributed by atoms with Crippen LogP contribution in [0.15, 0.2) is 28.9 Å². The number of aryl methyl sites for hydroxylation is 1. The van der Waals surface area contributed by atoms with Crippen molar-refractivity contribution in [2.24, 2.45) is 0 Å². The lowest BCUT2D eigenvalue weighted by molar-refractivity contribution is 0.356. The molecule has 0 aliphatic heterocycles. The summed E-state index contributed by atoms with van der Waals surface area (Å²) in [6, 6.07) is 6.44. The van der Waals surface area contributed by atoms with Gasteiger partial charge in [-0.15, -0.1) is 0 Å². The smallest absolute Gasteiger partial charge is 0.207 e. The van der Waals surface area contributed by atoms with E-state index in [0.29, 0.717) is 11.1 Å². The van der Waals surface area contributed by atoms with Crippen LogP contribution in [0.4, 0.5) is 11.6 Å². The second-order valence-electron chi connectivity index (χ2n) is 5.66. The minimum atomic E-state index is 0.563. The van der Waals surface area contributed by atoms with E-state index in [1.807, 2.05) is 25.1 Å². The summed E-state index contributed by atoms with van der Waals surface area (Å²) in [5.74, 6) is 0.915. The highest BCUT2D eigenvalue weighted by atomic mass is 79.9. The number of aromatic nitrogens is 2. The fourth-order valence-corrected chi connectivity index (χ4v) is 3.38. The third kappa shape index (κ3) is 3.43. The van der Waals surface area contributed by atoms with Gasteiger partial charge < -0.3 is 9.88 Å². The summed E-state index contributed by atoms with van der Waals surface area (Å²) < 4.78 is 3.20. The zero-order chi connectivity index (χ0) is 14.8. The number of hydrogen-bond donors (Lipinski definition) is 1. The molecule has 1 fully saturated rings. The Morgan fingerprint density at radius 1 is 1.29 bits per heavy atom. The number of anilines is 2. The molecule has 2 aromatic rings. The Labute approximate surface area is 138 Å². The van der Waals surface area contributed by atoms with Gasteiger partial charge in [0.1, 0.15) is 0 Å². The van der Waals surface area contributed by atoms with Crippen molar-refractivity contribution in [1.82, 2.24) is 9.55 Å². The minimum absolute atomic E-state index is 0.563. The number of halogens is 2. The van der Waals surface area contributed by atoms with Crippen LogP contribution in [0.25, 0.3) is 0 Å². The quantitative estimate of drug-likeness (QED) is 0.735. The molecule has 1 aliphatic carbocycles. The van der Waals surface area contributed by atoms with Crippen LogP contribution in [0.1, 0.15) is 43.8 Å². The molecular formula is C16H19BrClN3. The van der Waals surface area contributed by atoms with Crippen molar-refractivity contribution in [3.05, 3.63) is 39.6 Å². The highest BCUT2D eigenvalue weighted by Gasteiger charge is 2.19. The molecule has 0 unspecified atom stereocenters. The molecule has 3 nitrogen and oxygen atoms in total. The first-order valence-electron chi connectivity index (χ1n) is 7.41. The van der Waals surface area contributed by atoms with E-state index >= 15 is 0 Å². The van der Waals surface area contributed by atoms with E-state index in [1.54, 1.807) is 0 Å². The molecule has 3 rings (SSSR count). The van der Waals surface area contributed by atoms with Gasteiger partial charge in [-0.05, 0) is 53.9 Å². The molecule has 1 aliphatic rings. The van der Waals surface area contributed by atoms with Crippen LogP contribution in [0.5, 0.6) is 0 Å². The van der Waals surface area contributed by atoms with Crippen LogP contribution in [0.2, 0.25) is 5.02 Å². The maximum absolute atomic E-state index is 6.16. The van der Waals surface area contributed by atoms with Crippen LogP contribution in [-0.4, -0.2) is 9.55 Å². The summed E-state index contributed by atoms with van der Waals surface area (Å²) in [6.45, 7) is 2.04. The Hall–Kier alpha value is -1.00. The number of benzene rings is 1. The number of nitrogens with one attached hydrogen (secondary N) is 1. The van der Waals surface area contributed by atoms with Crippen molar-refractivity contribution in [2.45, 2.75) is 45.1 Å². The van der Waals surface area contributed by atoms with Gasteiger partial charge in [0.15, 0.2) is 0 Å². The fraction of sp³-hybridized carbons (Fsp3) is 0.438. The van der Waals surface area contributed by atoms with Gasteiger partial charge in [0.25, 0.3) is 0 Å². The van der Waals surface area contributed by atoms with E-state index in [9.17, 15) is 0 Å². The molecule has 21 heavy (non-hydrogen) atoms. The summed E-state index contributed by atoms with van der Waals surface area (Å²) in [6.07, 6.45) is 8.61. The van der Waals surface area contributed by atoms with E-state index in [0.717, 1.165) is 21.8 Å². The lowest BCUT2D eigenvalue weighted by Crippen LogP contribution is -2.14. The predicted octanol–water partition coefficient (Wildman–Crippen LogP) is 5.86. The van der Waals surface area contributed by atoms with E-state index in [-0.39, 0.29) is 0 Å². The molecule has 0 spiro atoms. The van der Waals surface area contributed by atoms with Gasteiger partial charge in [-0.25, -0.2) is 4.98 Å². The van der Waals surface area contributed by atoms with Crippen LogP contribution < -0.4 is 5.32 Å². The SMILES string of the molecule is Cc1cn(C2CCCCC2)c(Nc2ccc(Br)c(Cl)c2)n1. The van der Waals surface area contributed by atoms with Crippen molar-refractivity contribution >= 4 is 39.2 Å². The summed E-state index contributed by atoms with van der Waals surface area (Å²) in [5.41, 5.74) is 2.01. The Bertz CT molecular complexity index is 632. The molecule has 0 amide bonds. The van der Waals surface area contributed by atoms with Gasteiger partial charge in [0, 0.05) is 22.4 Å². The van der Waals surface area contributed by atoms with E-state index in [2.05, 4.69) is 37.0 Å². The highest BCUT2D eigenvalue weighted by Crippen LogP contribution is 2.32. The summed E-state index contributed by atoms with van der Waals surface area (Å²) >= 11 is 9.58. The summed E-state index contributed by atoms with van der Waals surface area (Å²) in [7, 11) is 0. The normalized spacial score (nSPS) is 16.1. The zero-order valence-corrected chi connectivity index (χ0v) is 14.4. The second kappa shape index (κ2) is 6.41.